The zero-order chi connectivity index (χ0) is 14.7. The molecule has 1 aliphatic carbocycles. The summed E-state index contributed by atoms with van der Waals surface area (Å²) in [5.41, 5.74) is 1.41. The molecule has 0 atom stereocenters. The molecule has 0 unspecified atom stereocenters. The van der Waals surface area contributed by atoms with Crippen LogP contribution in [0.2, 0.25) is 0 Å². The molecular formula is C17H29N3S. The quantitative estimate of drug-likeness (QED) is 0.767. The van der Waals surface area contributed by atoms with E-state index in [-0.39, 0.29) is 0 Å². The van der Waals surface area contributed by atoms with Gasteiger partial charge in [-0.05, 0) is 44.6 Å². The first-order valence-corrected chi connectivity index (χ1v) is 9.58. The Morgan fingerprint density at radius 1 is 1.19 bits per heavy atom. The molecule has 0 aromatic carbocycles. The number of aromatic nitrogens is 1. The van der Waals surface area contributed by atoms with Gasteiger partial charge in [0.05, 0.1) is 5.69 Å². The summed E-state index contributed by atoms with van der Waals surface area (Å²) >= 11 is 1.95. The second-order valence-electron chi connectivity index (χ2n) is 6.59. The molecule has 2 heterocycles. The van der Waals surface area contributed by atoms with Gasteiger partial charge in [-0.3, -0.25) is 0 Å². The van der Waals surface area contributed by atoms with Crippen molar-refractivity contribution in [2.45, 2.75) is 64.8 Å². The Morgan fingerprint density at radius 3 is 2.57 bits per heavy atom. The molecule has 0 amide bonds. The Hall–Kier alpha value is -0.610. The molecule has 4 heteroatoms. The molecular weight excluding hydrogens is 278 g/mol. The summed E-state index contributed by atoms with van der Waals surface area (Å²) in [5, 5.41) is 4.85. The van der Waals surface area contributed by atoms with Crippen LogP contribution in [0.25, 0.3) is 0 Å². The summed E-state index contributed by atoms with van der Waals surface area (Å²) in [6.45, 7) is 9.09. The predicted octanol–water partition coefficient (Wildman–Crippen LogP) is 4.15. The van der Waals surface area contributed by atoms with Crippen molar-refractivity contribution >= 4 is 16.5 Å². The molecule has 1 N–H and O–H groups in total. The molecule has 21 heavy (non-hydrogen) atoms. The van der Waals surface area contributed by atoms with Crippen molar-refractivity contribution in [1.29, 1.82) is 0 Å². The lowest BCUT2D eigenvalue weighted by atomic mass is 9.95. The van der Waals surface area contributed by atoms with Gasteiger partial charge in [-0.2, -0.15) is 0 Å². The number of nitrogens with zero attached hydrogens (tertiary/aromatic N) is 2. The second-order valence-corrected chi connectivity index (χ2v) is 7.66. The topological polar surface area (TPSA) is 28.2 Å². The van der Waals surface area contributed by atoms with Crippen LogP contribution < -0.4 is 10.2 Å². The molecule has 3 rings (SSSR count). The maximum Gasteiger partial charge on any atom is 0.185 e. The highest BCUT2D eigenvalue weighted by Crippen LogP contribution is 2.44. The first-order chi connectivity index (χ1) is 10.3. The number of nitrogens with one attached hydrogen (secondary N) is 1. The minimum Gasteiger partial charge on any atom is -0.348 e. The van der Waals surface area contributed by atoms with Crippen LogP contribution in [0.3, 0.4) is 0 Å². The van der Waals surface area contributed by atoms with Crippen molar-refractivity contribution in [2.24, 2.45) is 5.92 Å². The fourth-order valence-electron chi connectivity index (χ4n) is 3.20. The number of rotatable bonds is 7. The van der Waals surface area contributed by atoms with E-state index < -0.39 is 0 Å². The predicted molar refractivity (Wildman–Crippen MR) is 91.3 cm³/mol. The van der Waals surface area contributed by atoms with Crippen LogP contribution >= 0.6 is 11.3 Å². The maximum absolute atomic E-state index is 5.03. The molecule has 1 aromatic heterocycles. The number of piperidine rings is 1. The summed E-state index contributed by atoms with van der Waals surface area (Å²) in [5.74, 6) is 1.71. The molecule has 2 aliphatic rings. The van der Waals surface area contributed by atoms with Crippen LogP contribution in [0.4, 0.5) is 5.13 Å². The minimum atomic E-state index is 0.765. The van der Waals surface area contributed by atoms with Crippen molar-refractivity contribution in [3.05, 3.63) is 10.6 Å². The molecule has 1 saturated carbocycles. The highest BCUT2D eigenvalue weighted by atomic mass is 32.1. The van der Waals surface area contributed by atoms with Gasteiger partial charge in [0, 0.05) is 30.4 Å². The largest absolute Gasteiger partial charge is 0.348 e. The van der Waals surface area contributed by atoms with Crippen molar-refractivity contribution < 1.29 is 0 Å². The monoisotopic (exact) mass is 307 g/mol. The van der Waals surface area contributed by atoms with E-state index in [0.29, 0.717) is 0 Å². The van der Waals surface area contributed by atoms with Gasteiger partial charge in [-0.15, -0.1) is 11.3 Å². The number of hydrogen-bond acceptors (Lipinski definition) is 4. The van der Waals surface area contributed by atoms with E-state index >= 15 is 0 Å². The van der Waals surface area contributed by atoms with Gasteiger partial charge >= 0.3 is 0 Å². The third-order valence-corrected chi connectivity index (χ3v) is 5.99. The maximum atomic E-state index is 5.03. The molecule has 3 nitrogen and oxygen atoms in total. The molecule has 0 bridgehead atoms. The van der Waals surface area contributed by atoms with E-state index in [9.17, 15) is 0 Å². The Balaban J connectivity index is 1.66. The van der Waals surface area contributed by atoms with E-state index in [4.69, 9.17) is 4.98 Å². The summed E-state index contributed by atoms with van der Waals surface area (Å²) in [6.07, 6.45) is 7.93. The number of anilines is 1. The van der Waals surface area contributed by atoms with Crippen molar-refractivity contribution in [2.75, 3.05) is 24.5 Å². The summed E-state index contributed by atoms with van der Waals surface area (Å²) < 4.78 is 0. The van der Waals surface area contributed by atoms with Gasteiger partial charge in [-0.25, -0.2) is 4.98 Å². The number of thiazole rings is 1. The van der Waals surface area contributed by atoms with E-state index in [0.717, 1.165) is 24.9 Å². The lowest BCUT2D eigenvalue weighted by Gasteiger charge is -2.31. The Labute approximate surface area is 133 Å². The van der Waals surface area contributed by atoms with E-state index in [1.165, 1.54) is 67.3 Å². The number of hydrogen-bond donors (Lipinski definition) is 1. The zero-order valence-corrected chi connectivity index (χ0v) is 14.3. The van der Waals surface area contributed by atoms with Crippen LogP contribution in [0, 0.1) is 5.92 Å². The third kappa shape index (κ3) is 3.78. The van der Waals surface area contributed by atoms with Gasteiger partial charge in [-0.1, -0.05) is 20.3 Å². The smallest absolute Gasteiger partial charge is 0.185 e. The molecule has 0 radical (unpaired) electrons. The van der Waals surface area contributed by atoms with Gasteiger partial charge < -0.3 is 10.2 Å². The van der Waals surface area contributed by atoms with Gasteiger partial charge in [0.2, 0.25) is 0 Å². The summed E-state index contributed by atoms with van der Waals surface area (Å²) in [7, 11) is 0. The molecule has 0 spiro atoms. The van der Waals surface area contributed by atoms with Gasteiger partial charge in [0.25, 0.3) is 0 Å². The Morgan fingerprint density at radius 2 is 1.95 bits per heavy atom. The van der Waals surface area contributed by atoms with Crippen LogP contribution in [0.15, 0.2) is 0 Å². The zero-order valence-electron chi connectivity index (χ0n) is 13.5. The molecule has 1 aliphatic heterocycles. The van der Waals surface area contributed by atoms with Crippen molar-refractivity contribution in [3.8, 4) is 0 Å². The van der Waals surface area contributed by atoms with Crippen LogP contribution in [0.1, 0.15) is 68.9 Å². The standard InChI is InChI=1S/C17H29N3S/c1-3-9-18-12-15-16(14-5-6-14)19-17(21-15)20-10-7-13(4-2)8-11-20/h13-14,18H,3-12H2,1-2H3. The van der Waals surface area contributed by atoms with E-state index in [2.05, 4.69) is 24.1 Å². The molecule has 118 valence electrons. The first-order valence-electron chi connectivity index (χ1n) is 8.77. The fraction of sp³-hybridized carbons (Fsp3) is 0.824. The highest BCUT2D eigenvalue weighted by Gasteiger charge is 2.31. The molecule has 1 saturated heterocycles. The van der Waals surface area contributed by atoms with E-state index in [1.807, 2.05) is 11.3 Å². The molecule has 2 fully saturated rings. The average Bonchev–Trinajstić information content (AvgIpc) is 3.28. The second kappa shape index (κ2) is 7.10. The van der Waals surface area contributed by atoms with Crippen molar-refractivity contribution in [1.82, 2.24) is 10.3 Å². The normalized spacial score (nSPS) is 20.2. The molecule has 1 aromatic rings. The van der Waals surface area contributed by atoms with Gasteiger partial charge in [0.1, 0.15) is 0 Å². The third-order valence-electron chi connectivity index (χ3n) is 4.86. The lowest BCUT2D eigenvalue weighted by Crippen LogP contribution is -2.33. The van der Waals surface area contributed by atoms with Gasteiger partial charge in [0.15, 0.2) is 5.13 Å². The summed E-state index contributed by atoms with van der Waals surface area (Å²) in [4.78, 5) is 9.06. The highest BCUT2D eigenvalue weighted by molar-refractivity contribution is 7.15. The Bertz CT molecular complexity index is 445. The first kappa shape index (κ1) is 15.3. The van der Waals surface area contributed by atoms with Crippen LogP contribution in [-0.4, -0.2) is 24.6 Å². The van der Waals surface area contributed by atoms with Crippen molar-refractivity contribution in [3.63, 3.8) is 0 Å². The SMILES string of the molecule is CCCNCc1sc(N2CCC(CC)CC2)nc1C1CC1. The van der Waals surface area contributed by atoms with Crippen LogP contribution in [-0.2, 0) is 6.54 Å². The average molecular weight is 308 g/mol. The van der Waals surface area contributed by atoms with E-state index in [1.54, 1.807) is 0 Å². The minimum absolute atomic E-state index is 0.765. The Kier molecular flexibility index (Phi) is 5.17. The fourth-order valence-corrected chi connectivity index (χ4v) is 4.37. The summed E-state index contributed by atoms with van der Waals surface area (Å²) in [6, 6.07) is 0. The van der Waals surface area contributed by atoms with Crippen LogP contribution in [0.5, 0.6) is 0 Å². The lowest BCUT2D eigenvalue weighted by molar-refractivity contribution is 0.395.